The highest BCUT2D eigenvalue weighted by atomic mass is 79.9. The molecule has 0 unspecified atom stereocenters. The summed E-state index contributed by atoms with van der Waals surface area (Å²) in [4.78, 5) is 8.86. The van der Waals surface area contributed by atoms with E-state index in [4.69, 9.17) is 0 Å². The van der Waals surface area contributed by atoms with Crippen LogP contribution in [-0.2, 0) is 9.84 Å². The molecular formula is C13H10Br2N2O2S2. The molecule has 0 saturated heterocycles. The summed E-state index contributed by atoms with van der Waals surface area (Å²) in [5.74, 6) is 0. The topological polar surface area (TPSA) is 59.9 Å². The zero-order chi connectivity index (χ0) is 14.3. The molecular weight excluding hydrogens is 440 g/mol. The number of benzene rings is 1. The quantitative estimate of drug-likeness (QED) is 0.552. The molecule has 0 saturated carbocycles. The van der Waals surface area contributed by atoms with E-state index in [1.54, 1.807) is 17.4 Å². The van der Waals surface area contributed by atoms with E-state index in [1.807, 2.05) is 24.3 Å². The summed E-state index contributed by atoms with van der Waals surface area (Å²) in [5, 5.41) is 0.936. The van der Waals surface area contributed by atoms with Crippen molar-refractivity contribution in [3.8, 4) is 10.6 Å². The summed E-state index contributed by atoms with van der Waals surface area (Å²) < 4.78 is 25.1. The first-order valence-electron chi connectivity index (χ1n) is 5.67. The van der Waals surface area contributed by atoms with Gasteiger partial charge in [-0.3, -0.25) is 0 Å². The van der Waals surface area contributed by atoms with Crippen molar-refractivity contribution in [2.45, 2.75) is 5.16 Å². The number of hydrogen-bond donors (Lipinski definition) is 0. The largest absolute Gasteiger partial charge is 0.247 e. The van der Waals surface area contributed by atoms with Crippen LogP contribution in [0.1, 0.15) is 0 Å². The molecule has 0 spiro atoms. The summed E-state index contributed by atoms with van der Waals surface area (Å²) in [7, 11) is -3.41. The van der Waals surface area contributed by atoms with Gasteiger partial charge in [0, 0.05) is 27.0 Å². The average molecular weight is 450 g/mol. The van der Waals surface area contributed by atoms with Crippen molar-refractivity contribution in [1.29, 1.82) is 0 Å². The van der Waals surface area contributed by atoms with Crippen molar-refractivity contribution in [1.82, 2.24) is 9.97 Å². The first-order valence-corrected chi connectivity index (χ1v) is 9.17. The van der Waals surface area contributed by atoms with E-state index in [2.05, 4.69) is 25.9 Å². The summed E-state index contributed by atoms with van der Waals surface area (Å²) in [6.07, 6.45) is 2.57. The van der Waals surface area contributed by atoms with Gasteiger partial charge >= 0.3 is 0 Å². The van der Waals surface area contributed by atoms with Gasteiger partial charge in [-0.05, 0) is 28.1 Å². The normalized spacial score (nSPS) is 11.3. The Kier molecular flexibility index (Phi) is 4.82. The van der Waals surface area contributed by atoms with Crippen molar-refractivity contribution < 1.29 is 8.42 Å². The van der Waals surface area contributed by atoms with Crippen LogP contribution in [0.2, 0.25) is 0 Å². The van der Waals surface area contributed by atoms with Crippen LogP contribution >= 0.6 is 44.2 Å². The fourth-order valence-electron chi connectivity index (χ4n) is 1.82. The van der Waals surface area contributed by atoms with Crippen LogP contribution in [0.5, 0.6) is 0 Å². The molecule has 0 aliphatic heterocycles. The Morgan fingerprint density at radius 1 is 1.19 bits per heavy atom. The van der Waals surface area contributed by atoms with E-state index in [0.29, 0.717) is 5.69 Å². The predicted octanol–water partition coefficient (Wildman–Crippen LogP) is 4.10. The fraction of sp³-hybridized carbons (Fsp3) is 0.0769. The van der Waals surface area contributed by atoms with Gasteiger partial charge in [-0.15, -0.1) is 28.3 Å². The Bertz CT molecular complexity index is 907. The number of rotatable bonds is 2. The second-order valence-electron chi connectivity index (χ2n) is 4.24. The van der Waals surface area contributed by atoms with Crippen LogP contribution in [0.4, 0.5) is 0 Å². The third-order valence-corrected chi connectivity index (χ3v) is 5.87. The maximum atomic E-state index is 11.5. The lowest BCUT2D eigenvalue weighted by Gasteiger charge is -2.00. The number of halogens is 2. The van der Waals surface area contributed by atoms with Gasteiger partial charge in [0.2, 0.25) is 15.0 Å². The standard InChI is InChI=1S/C13H9BrN2O2S2.BrH/c1-20(17,18)13-15-7-6-9(16-13)12-11(14)8-4-2-3-5-10(8)19-12;/h2-7H,1H3;1H. The third kappa shape index (κ3) is 3.18. The molecule has 0 fully saturated rings. The fourth-order valence-corrected chi connectivity index (χ4v) is 4.33. The summed E-state index contributed by atoms with van der Waals surface area (Å²) >= 11 is 5.13. The lowest BCUT2D eigenvalue weighted by atomic mass is 10.2. The van der Waals surface area contributed by atoms with Crippen molar-refractivity contribution >= 4 is 64.2 Å². The zero-order valence-electron chi connectivity index (χ0n) is 10.8. The first-order chi connectivity index (χ1) is 9.47. The number of fused-ring (bicyclic) bond motifs is 1. The van der Waals surface area contributed by atoms with Gasteiger partial charge in [0.25, 0.3) is 0 Å². The highest BCUT2D eigenvalue weighted by Gasteiger charge is 2.16. The van der Waals surface area contributed by atoms with Crippen LogP contribution in [0.15, 0.2) is 46.2 Å². The minimum atomic E-state index is -3.41. The second-order valence-corrected chi connectivity index (χ2v) is 7.99. The third-order valence-electron chi connectivity index (χ3n) is 2.73. The van der Waals surface area contributed by atoms with Gasteiger partial charge in [0.15, 0.2) is 0 Å². The molecule has 8 heteroatoms. The molecule has 0 N–H and O–H groups in total. The van der Waals surface area contributed by atoms with Gasteiger partial charge < -0.3 is 0 Å². The van der Waals surface area contributed by atoms with E-state index in [0.717, 1.165) is 25.7 Å². The van der Waals surface area contributed by atoms with Gasteiger partial charge in [-0.25, -0.2) is 18.4 Å². The molecule has 4 nitrogen and oxygen atoms in total. The van der Waals surface area contributed by atoms with Crippen molar-refractivity contribution in [2.75, 3.05) is 6.26 Å². The Hall–Kier alpha value is -0.830. The molecule has 0 amide bonds. The molecule has 21 heavy (non-hydrogen) atoms. The van der Waals surface area contributed by atoms with Gasteiger partial charge in [-0.1, -0.05) is 18.2 Å². The van der Waals surface area contributed by atoms with E-state index < -0.39 is 9.84 Å². The van der Waals surface area contributed by atoms with E-state index in [-0.39, 0.29) is 22.1 Å². The highest BCUT2D eigenvalue weighted by molar-refractivity contribution is 9.10. The van der Waals surface area contributed by atoms with Crippen molar-refractivity contribution in [3.63, 3.8) is 0 Å². The molecule has 0 bridgehead atoms. The highest BCUT2D eigenvalue weighted by Crippen LogP contribution is 2.41. The zero-order valence-corrected chi connectivity index (χ0v) is 15.7. The number of aromatic nitrogens is 2. The van der Waals surface area contributed by atoms with E-state index >= 15 is 0 Å². The van der Waals surface area contributed by atoms with E-state index in [9.17, 15) is 8.42 Å². The maximum absolute atomic E-state index is 11.5. The second kappa shape index (κ2) is 6.12. The monoisotopic (exact) mass is 448 g/mol. The molecule has 2 heterocycles. The molecule has 0 atom stereocenters. The van der Waals surface area contributed by atoms with Crippen LogP contribution in [-0.4, -0.2) is 24.6 Å². The molecule has 2 aromatic heterocycles. The minimum Gasteiger partial charge on any atom is -0.227 e. The van der Waals surface area contributed by atoms with Gasteiger partial charge in [-0.2, -0.15) is 0 Å². The Morgan fingerprint density at radius 2 is 1.90 bits per heavy atom. The van der Waals surface area contributed by atoms with Crippen LogP contribution < -0.4 is 0 Å². The molecule has 0 aliphatic carbocycles. The first kappa shape index (κ1) is 16.5. The molecule has 0 radical (unpaired) electrons. The molecule has 110 valence electrons. The van der Waals surface area contributed by atoms with Crippen LogP contribution in [0.3, 0.4) is 0 Å². The predicted molar refractivity (Wildman–Crippen MR) is 94.0 cm³/mol. The summed E-state index contributed by atoms with van der Waals surface area (Å²) in [5.41, 5.74) is 0.605. The minimum absolute atomic E-state index is 0. The number of nitrogens with zero attached hydrogens (tertiary/aromatic N) is 2. The van der Waals surface area contributed by atoms with Crippen LogP contribution in [0.25, 0.3) is 20.7 Å². The smallest absolute Gasteiger partial charge is 0.227 e. The van der Waals surface area contributed by atoms with Gasteiger partial charge in [0.1, 0.15) is 0 Å². The lowest BCUT2D eigenvalue weighted by Crippen LogP contribution is -2.03. The molecule has 0 aliphatic rings. The molecule has 3 aromatic rings. The number of hydrogen-bond acceptors (Lipinski definition) is 5. The Balaban J connectivity index is 0.00000161. The summed E-state index contributed by atoms with van der Waals surface area (Å²) in [6.45, 7) is 0. The molecule has 3 rings (SSSR count). The van der Waals surface area contributed by atoms with E-state index in [1.165, 1.54) is 6.20 Å². The Morgan fingerprint density at radius 3 is 2.57 bits per heavy atom. The summed E-state index contributed by atoms with van der Waals surface area (Å²) in [6, 6.07) is 9.68. The van der Waals surface area contributed by atoms with Crippen molar-refractivity contribution in [3.05, 3.63) is 41.0 Å². The Labute approximate surface area is 145 Å². The number of sulfone groups is 1. The van der Waals surface area contributed by atoms with Crippen molar-refractivity contribution in [2.24, 2.45) is 0 Å². The maximum Gasteiger partial charge on any atom is 0.247 e. The van der Waals surface area contributed by atoms with Crippen LogP contribution in [0, 0.1) is 0 Å². The average Bonchev–Trinajstić information content (AvgIpc) is 2.76. The molecule has 1 aromatic carbocycles. The number of thiophene rings is 1. The van der Waals surface area contributed by atoms with Gasteiger partial charge in [0.05, 0.1) is 10.6 Å². The SMILES string of the molecule is Br.CS(=O)(=O)c1nccc(-c2sc3ccccc3c2Br)n1. The lowest BCUT2D eigenvalue weighted by molar-refractivity contribution is 0.593.